The van der Waals surface area contributed by atoms with Crippen molar-refractivity contribution in [1.82, 2.24) is 10.3 Å². The minimum absolute atomic E-state index is 0.0455. The molecule has 2 rings (SSSR count). The molecule has 1 atom stereocenters. The summed E-state index contributed by atoms with van der Waals surface area (Å²) in [6.07, 6.45) is 2.45. The van der Waals surface area contributed by atoms with Crippen LogP contribution in [0.5, 0.6) is 0 Å². The van der Waals surface area contributed by atoms with E-state index in [4.69, 9.17) is 9.47 Å². The zero-order valence-electron chi connectivity index (χ0n) is 14.8. The number of ether oxygens (including phenoxy) is 2. The van der Waals surface area contributed by atoms with E-state index in [9.17, 15) is 9.59 Å². The number of Topliss-reactive ketones (excluding diaryl/α,β-unsaturated/α-hetero) is 1. The third kappa shape index (κ3) is 4.77. The van der Waals surface area contributed by atoms with E-state index in [2.05, 4.69) is 10.3 Å². The van der Waals surface area contributed by atoms with Crippen LogP contribution >= 0.6 is 0 Å². The Labute approximate surface area is 142 Å². The van der Waals surface area contributed by atoms with E-state index in [1.165, 1.54) is 0 Å². The predicted octanol–water partition coefficient (Wildman–Crippen LogP) is 2.58. The Hall–Kier alpha value is -1.95. The Morgan fingerprint density at radius 2 is 2.17 bits per heavy atom. The molecule has 0 bridgehead atoms. The number of alkyl carbamates (subject to hydrolysis) is 1. The van der Waals surface area contributed by atoms with Gasteiger partial charge in [0.25, 0.3) is 0 Å². The Bertz CT molecular complexity index is 601. The van der Waals surface area contributed by atoms with Crippen LogP contribution in [0, 0.1) is 6.92 Å². The second-order valence-corrected chi connectivity index (χ2v) is 7.20. The summed E-state index contributed by atoms with van der Waals surface area (Å²) in [6.45, 7) is 7.97. The van der Waals surface area contributed by atoms with Crippen molar-refractivity contribution in [3.05, 3.63) is 29.6 Å². The minimum Gasteiger partial charge on any atom is -0.444 e. The first-order valence-corrected chi connectivity index (χ1v) is 8.25. The fourth-order valence-corrected chi connectivity index (χ4v) is 2.70. The van der Waals surface area contributed by atoms with Gasteiger partial charge < -0.3 is 14.8 Å². The molecule has 6 nitrogen and oxygen atoms in total. The number of aromatic nitrogens is 1. The van der Waals surface area contributed by atoms with Crippen molar-refractivity contribution >= 4 is 11.9 Å². The molecule has 2 heterocycles. The average Bonchev–Trinajstić information content (AvgIpc) is 2.93. The van der Waals surface area contributed by atoms with Gasteiger partial charge in [0.1, 0.15) is 11.1 Å². The lowest BCUT2D eigenvalue weighted by molar-refractivity contribution is -0.125. The SMILES string of the molecule is Cc1cccnc1CCC(=O)C1(NC(=O)OC(C)(C)C)CCOC1. The first-order chi connectivity index (χ1) is 11.2. The molecular weight excluding hydrogens is 308 g/mol. The number of ketones is 1. The highest BCUT2D eigenvalue weighted by Crippen LogP contribution is 2.23. The number of carbonyl (C=O) groups is 2. The first-order valence-electron chi connectivity index (χ1n) is 8.25. The van der Waals surface area contributed by atoms with Gasteiger partial charge in [0.15, 0.2) is 5.78 Å². The van der Waals surface area contributed by atoms with Gasteiger partial charge in [-0.25, -0.2) is 4.79 Å². The normalized spacial score (nSPS) is 20.7. The third-order valence-corrected chi connectivity index (χ3v) is 4.00. The molecule has 24 heavy (non-hydrogen) atoms. The summed E-state index contributed by atoms with van der Waals surface area (Å²) in [5.74, 6) is -0.0455. The van der Waals surface area contributed by atoms with E-state index in [-0.39, 0.29) is 12.4 Å². The van der Waals surface area contributed by atoms with Gasteiger partial charge in [0.2, 0.25) is 0 Å². The molecule has 1 N–H and O–H groups in total. The van der Waals surface area contributed by atoms with E-state index in [0.717, 1.165) is 11.3 Å². The molecule has 1 unspecified atom stereocenters. The van der Waals surface area contributed by atoms with E-state index < -0.39 is 17.2 Å². The third-order valence-electron chi connectivity index (χ3n) is 4.00. The summed E-state index contributed by atoms with van der Waals surface area (Å²) in [5.41, 5.74) is 0.350. The maximum absolute atomic E-state index is 12.8. The highest BCUT2D eigenvalue weighted by molar-refractivity contribution is 5.92. The monoisotopic (exact) mass is 334 g/mol. The van der Waals surface area contributed by atoms with Crippen molar-refractivity contribution in [3.8, 4) is 0 Å². The lowest BCUT2D eigenvalue weighted by Gasteiger charge is -2.29. The molecule has 132 valence electrons. The predicted molar refractivity (Wildman–Crippen MR) is 89.8 cm³/mol. The highest BCUT2D eigenvalue weighted by Gasteiger charge is 2.43. The van der Waals surface area contributed by atoms with Crippen LogP contribution in [0.3, 0.4) is 0 Å². The van der Waals surface area contributed by atoms with Crippen LogP contribution in [0.1, 0.15) is 44.9 Å². The van der Waals surface area contributed by atoms with Crippen LogP contribution in [-0.4, -0.2) is 41.2 Å². The molecule has 1 fully saturated rings. The van der Waals surface area contributed by atoms with Crippen LogP contribution in [0.25, 0.3) is 0 Å². The molecule has 1 aromatic rings. The van der Waals surface area contributed by atoms with Gasteiger partial charge in [-0.2, -0.15) is 0 Å². The van der Waals surface area contributed by atoms with Crippen molar-refractivity contribution in [1.29, 1.82) is 0 Å². The van der Waals surface area contributed by atoms with Crippen LogP contribution in [0.15, 0.2) is 18.3 Å². The number of pyridine rings is 1. The molecule has 1 aromatic heterocycles. The van der Waals surface area contributed by atoms with Gasteiger partial charge in [0.05, 0.1) is 6.61 Å². The maximum Gasteiger partial charge on any atom is 0.408 e. The van der Waals surface area contributed by atoms with Gasteiger partial charge in [-0.1, -0.05) is 6.07 Å². The number of rotatable bonds is 5. The average molecular weight is 334 g/mol. The zero-order chi connectivity index (χ0) is 17.8. The highest BCUT2D eigenvalue weighted by atomic mass is 16.6. The first kappa shape index (κ1) is 18.4. The molecule has 0 saturated carbocycles. The number of aryl methyl sites for hydroxylation is 2. The van der Waals surface area contributed by atoms with Crippen molar-refractivity contribution in [3.63, 3.8) is 0 Å². The fraction of sp³-hybridized carbons (Fsp3) is 0.611. The number of nitrogens with one attached hydrogen (secondary N) is 1. The van der Waals surface area contributed by atoms with Crippen LogP contribution < -0.4 is 5.32 Å². The van der Waals surface area contributed by atoms with Crippen LogP contribution in [0.4, 0.5) is 4.79 Å². The minimum atomic E-state index is -0.995. The molecule has 1 amide bonds. The summed E-state index contributed by atoms with van der Waals surface area (Å²) < 4.78 is 10.7. The van der Waals surface area contributed by atoms with E-state index >= 15 is 0 Å². The topological polar surface area (TPSA) is 77.5 Å². The van der Waals surface area contributed by atoms with E-state index in [0.29, 0.717) is 25.9 Å². The molecule has 0 radical (unpaired) electrons. The zero-order valence-corrected chi connectivity index (χ0v) is 14.8. The number of hydrogen-bond donors (Lipinski definition) is 1. The molecule has 0 spiro atoms. The second-order valence-electron chi connectivity index (χ2n) is 7.20. The van der Waals surface area contributed by atoms with Gasteiger partial charge in [-0.15, -0.1) is 0 Å². The van der Waals surface area contributed by atoms with Crippen molar-refractivity contribution < 1.29 is 19.1 Å². The molecule has 1 aliphatic rings. The lowest BCUT2D eigenvalue weighted by atomic mass is 9.89. The Morgan fingerprint density at radius 3 is 2.75 bits per heavy atom. The number of carbonyl (C=O) groups excluding carboxylic acids is 2. The Kier molecular flexibility index (Phi) is 5.59. The molecule has 1 aliphatic heterocycles. The van der Waals surface area contributed by atoms with Crippen molar-refractivity contribution in [2.45, 2.75) is 58.1 Å². The van der Waals surface area contributed by atoms with Crippen LogP contribution in [0.2, 0.25) is 0 Å². The van der Waals surface area contributed by atoms with Gasteiger partial charge in [-0.05, 0) is 45.7 Å². The van der Waals surface area contributed by atoms with Gasteiger partial charge in [-0.3, -0.25) is 9.78 Å². The molecule has 6 heteroatoms. The quantitative estimate of drug-likeness (QED) is 0.895. The Balaban J connectivity index is 2.02. The standard InChI is InChI=1S/C18H26N2O4/c1-13-6-5-10-19-14(13)7-8-15(21)18(9-11-23-12-18)20-16(22)24-17(2,3)4/h5-6,10H,7-9,11-12H2,1-4H3,(H,20,22). The molecule has 0 aromatic carbocycles. The molecule has 1 saturated heterocycles. The number of hydrogen-bond acceptors (Lipinski definition) is 5. The summed E-state index contributed by atoms with van der Waals surface area (Å²) in [6, 6.07) is 3.84. The van der Waals surface area contributed by atoms with Crippen LogP contribution in [-0.2, 0) is 20.7 Å². The van der Waals surface area contributed by atoms with Gasteiger partial charge >= 0.3 is 6.09 Å². The van der Waals surface area contributed by atoms with Crippen molar-refractivity contribution in [2.24, 2.45) is 0 Å². The Morgan fingerprint density at radius 1 is 1.42 bits per heavy atom. The van der Waals surface area contributed by atoms with E-state index in [1.54, 1.807) is 27.0 Å². The second kappa shape index (κ2) is 7.30. The lowest BCUT2D eigenvalue weighted by Crippen LogP contribution is -2.56. The summed E-state index contributed by atoms with van der Waals surface area (Å²) in [5, 5.41) is 2.74. The van der Waals surface area contributed by atoms with Crippen molar-refractivity contribution in [2.75, 3.05) is 13.2 Å². The summed E-state index contributed by atoms with van der Waals surface area (Å²) in [4.78, 5) is 29.2. The van der Waals surface area contributed by atoms with Gasteiger partial charge in [0, 0.05) is 31.3 Å². The largest absolute Gasteiger partial charge is 0.444 e. The summed E-state index contributed by atoms with van der Waals surface area (Å²) in [7, 11) is 0. The maximum atomic E-state index is 12.8. The number of nitrogens with zero attached hydrogens (tertiary/aromatic N) is 1. The number of amides is 1. The smallest absolute Gasteiger partial charge is 0.408 e. The summed E-state index contributed by atoms with van der Waals surface area (Å²) >= 11 is 0. The van der Waals surface area contributed by atoms with E-state index in [1.807, 2.05) is 19.1 Å². The fourth-order valence-electron chi connectivity index (χ4n) is 2.70. The molecule has 0 aliphatic carbocycles. The molecular formula is C18H26N2O4.